The minimum absolute atomic E-state index is 0.0665. The molecular formula is C27H28F2N6O7S. The van der Waals surface area contributed by atoms with Crippen molar-refractivity contribution in [2.24, 2.45) is 0 Å². The van der Waals surface area contributed by atoms with Crippen LogP contribution in [0.2, 0.25) is 0 Å². The van der Waals surface area contributed by atoms with E-state index in [0.29, 0.717) is 28.6 Å². The van der Waals surface area contributed by atoms with E-state index in [1.54, 1.807) is 12.1 Å². The van der Waals surface area contributed by atoms with Crippen LogP contribution in [0.25, 0.3) is 11.0 Å². The Morgan fingerprint density at radius 3 is 2.37 bits per heavy atom. The molecule has 43 heavy (non-hydrogen) atoms. The van der Waals surface area contributed by atoms with Crippen molar-refractivity contribution in [1.82, 2.24) is 20.3 Å². The molecule has 1 aliphatic carbocycles. The second-order valence-electron chi connectivity index (χ2n) is 10.3. The Morgan fingerprint density at radius 1 is 1.07 bits per heavy atom. The first kappa shape index (κ1) is 28.5. The number of aromatic nitrogens is 3. The molecule has 2 aromatic carbocycles. The maximum absolute atomic E-state index is 13.7. The molecule has 3 heterocycles. The van der Waals surface area contributed by atoms with Crippen LogP contribution in [0.4, 0.5) is 26.1 Å². The molecule has 13 nitrogen and oxygen atoms in total. The summed E-state index contributed by atoms with van der Waals surface area (Å²) in [5.74, 6) is -2.86. The SMILES string of the molecule is COc1cc2c(NS(=O)(=O)c3c(OC)cc(C(=O)N4CCC(F)(F)C4)cc3OC)noc2cc1Nc1cc(C2CC2)[nH]n1. The number of H-pyrrole nitrogens is 1. The number of aromatic amines is 1. The van der Waals surface area contributed by atoms with Gasteiger partial charge in [0, 0.05) is 42.3 Å². The lowest BCUT2D eigenvalue weighted by Gasteiger charge is -2.19. The van der Waals surface area contributed by atoms with Crippen molar-refractivity contribution in [2.75, 3.05) is 44.5 Å². The predicted octanol–water partition coefficient (Wildman–Crippen LogP) is 4.48. The molecule has 1 saturated heterocycles. The van der Waals surface area contributed by atoms with Gasteiger partial charge in [0.2, 0.25) is 0 Å². The number of hydrogen-bond acceptors (Lipinski definition) is 10. The molecule has 2 aromatic heterocycles. The number of sulfonamides is 1. The van der Waals surface area contributed by atoms with Crippen LogP contribution in [0.5, 0.6) is 17.2 Å². The molecule has 0 unspecified atom stereocenters. The van der Waals surface area contributed by atoms with E-state index in [1.165, 1.54) is 33.5 Å². The van der Waals surface area contributed by atoms with Crippen LogP contribution in [-0.2, 0) is 10.0 Å². The van der Waals surface area contributed by atoms with Crippen LogP contribution >= 0.6 is 0 Å². The third kappa shape index (κ3) is 5.49. The van der Waals surface area contributed by atoms with E-state index in [-0.39, 0.29) is 35.0 Å². The number of nitrogens with zero attached hydrogens (tertiary/aromatic N) is 3. The third-order valence-corrected chi connectivity index (χ3v) is 8.74. The van der Waals surface area contributed by atoms with Crippen molar-refractivity contribution in [3.63, 3.8) is 0 Å². The molecule has 6 rings (SSSR count). The quantitative estimate of drug-likeness (QED) is 0.231. The number of benzene rings is 2. The summed E-state index contributed by atoms with van der Waals surface area (Å²) < 4.78 is 78.7. The molecule has 0 spiro atoms. The summed E-state index contributed by atoms with van der Waals surface area (Å²) >= 11 is 0. The van der Waals surface area contributed by atoms with E-state index < -0.39 is 39.7 Å². The van der Waals surface area contributed by atoms with E-state index in [4.69, 9.17) is 18.7 Å². The summed E-state index contributed by atoms with van der Waals surface area (Å²) in [4.78, 5) is 13.5. The lowest BCUT2D eigenvalue weighted by atomic mass is 10.1. The molecule has 0 radical (unpaired) electrons. The van der Waals surface area contributed by atoms with Gasteiger partial charge < -0.3 is 29.0 Å². The van der Waals surface area contributed by atoms with Crippen molar-refractivity contribution in [1.29, 1.82) is 0 Å². The zero-order valence-corrected chi connectivity index (χ0v) is 24.2. The van der Waals surface area contributed by atoms with Gasteiger partial charge in [-0.3, -0.25) is 14.6 Å². The molecular weight excluding hydrogens is 590 g/mol. The van der Waals surface area contributed by atoms with Gasteiger partial charge in [0.25, 0.3) is 21.9 Å². The van der Waals surface area contributed by atoms with Crippen molar-refractivity contribution in [3.05, 3.63) is 41.6 Å². The fraction of sp³-hybridized carbons (Fsp3) is 0.370. The molecule has 16 heteroatoms. The fourth-order valence-corrected chi connectivity index (χ4v) is 6.30. The number of carbonyl (C=O) groups excluding carboxylic acids is 1. The van der Waals surface area contributed by atoms with Crippen LogP contribution in [0.1, 0.15) is 41.2 Å². The molecule has 2 fully saturated rings. The summed E-state index contributed by atoms with van der Waals surface area (Å²) in [5, 5.41) is 14.7. The zero-order valence-electron chi connectivity index (χ0n) is 23.4. The second kappa shape index (κ2) is 10.6. The molecule has 228 valence electrons. The number of hydrogen-bond donors (Lipinski definition) is 3. The number of rotatable bonds is 10. The van der Waals surface area contributed by atoms with E-state index in [0.717, 1.165) is 23.4 Å². The minimum atomic E-state index is -4.46. The third-order valence-electron chi connectivity index (χ3n) is 7.33. The van der Waals surface area contributed by atoms with Crippen LogP contribution in [-0.4, -0.2) is 74.9 Å². The molecule has 1 aliphatic heterocycles. The van der Waals surface area contributed by atoms with Crippen LogP contribution in [0.3, 0.4) is 0 Å². The first-order chi connectivity index (χ1) is 20.5. The van der Waals surface area contributed by atoms with E-state index in [9.17, 15) is 22.0 Å². The average molecular weight is 619 g/mol. The van der Waals surface area contributed by atoms with Gasteiger partial charge in [0.1, 0.15) is 17.2 Å². The predicted molar refractivity (Wildman–Crippen MR) is 150 cm³/mol. The maximum Gasteiger partial charge on any atom is 0.270 e. The van der Waals surface area contributed by atoms with E-state index in [1.807, 2.05) is 6.07 Å². The Morgan fingerprint density at radius 2 is 1.77 bits per heavy atom. The van der Waals surface area contributed by atoms with Crippen molar-refractivity contribution < 1.29 is 40.7 Å². The minimum Gasteiger partial charge on any atom is -0.495 e. The zero-order chi connectivity index (χ0) is 30.5. The number of methoxy groups -OCH3 is 3. The van der Waals surface area contributed by atoms with Gasteiger partial charge in [-0.25, -0.2) is 17.2 Å². The van der Waals surface area contributed by atoms with Crippen LogP contribution in [0, 0.1) is 0 Å². The van der Waals surface area contributed by atoms with E-state index in [2.05, 4.69) is 25.4 Å². The highest BCUT2D eigenvalue weighted by molar-refractivity contribution is 7.93. The summed E-state index contributed by atoms with van der Waals surface area (Å²) in [7, 11) is -0.568. The van der Waals surface area contributed by atoms with Gasteiger partial charge in [0.05, 0.1) is 38.9 Å². The fourth-order valence-electron chi connectivity index (χ4n) is 4.99. The second-order valence-corrected chi connectivity index (χ2v) is 12.0. The summed E-state index contributed by atoms with van der Waals surface area (Å²) in [6.07, 6.45) is 1.78. The first-order valence-electron chi connectivity index (χ1n) is 13.3. The van der Waals surface area contributed by atoms with Gasteiger partial charge in [0.15, 0.2) is 22.1 Å². The Hall–Kier alpha value is -4.60. The smallest absolute Gasteiger partial charge is 0.270 e. The highest BCUT2D eigenvalue weighted by atomic mass is 32.2. The molecule has 0 atom stereocenters. The summed E-state index contributed by atoms with van der Waals surface area (Å²) in [6, 6.07) is 7.42. The molecule has 3 N–H and O–H groups in total. The van der Waals surface area contributed by atoms with Crippen molar-refractivity contribution >= 4 is 44.2 Å². The number of anilines is 3. The Balaban J connectivity index is 1.30. The van der Waals surface area contributed by atoms with Gasteiger partial charge >= 0.3 is 0 Å². The number of amides is 1. The normalized spacial score (nSPS) is 16.3. The molecule has 1 saturated carbocycles. The Labute approximate surface area is 244 Å². The van der Waals surface area contributed by atoms with Gasteiger partial charge in [-0.15, -0.1) is 0 Å². The molecule has 4 aromatic rings. The number of carbonyl (C=O) groups is 1. The molecule has 2 aliphatic rings. The number of likely N-dealkylation sites (tertiary alicyclic amines) is 1. The van der Waals surface area contributed by atoms with E-state index >= 15 is 0 Å². The molecule has 0 bridgehead atoms. The standard InChI is InChI=1S/C27H28F2N6O7S/c1-39-20-10-16-19(11-18(20)30-23-12-17(31-32-23)14-4-5-14)42-33-25(16)34-43(37,38)24-21(40-2)8-15(9-22(24)41-3)26(36)35-7-6-27(28,29)13-35/h8-12,14H,4-7,13H2,1-3H3,(H,33,34)(H2,30,31,32). The monoisotopic (exact) mass is 618 g/mol. The van der Waals surface area contributed by atoms with Crippen LogP contribution in [0.15, 0.2) is 39.8 Å². The Kier molecular flexibility index (Phi) is 7.02. The largest absolute Gasteiger partial charge is 0.495 e. The topological polar surface area (TPSA) is 161 Å². The van der Waals surface area contributed by atoms with Gasteiger partial charge in [-0.1, -0.05) is 5.16 Å². The lowest BCUT2D eigenvalue weighted by Crippen LogP contribution is -2.31. The molecule has 1 amide bonds. The average Bonchev–Trinajstić information content (AvgIpc) is 3.45. The number of alkyl halides is 2. The number of nitrogens with one attached hydrogen (secondary N) is 3. The first-order valence-corrected chi connectivity index (χ1v) is 14.8. The van der Waals surface area contributed by atoms with Crippen molar-refractivity contribution in [2.45, 2.75) is 36.0 Å². The number of ether oxygens (including phenoxy) is 3. The van der Waals surface area contributed by atoms with Gasteiger partial charge in [-0.05, 0) is 31.0 Å². The number of halogens is 2. The Bertz CT molecular complexity index is 1790. The number of fused-ring (bicyclic) bond motifs is 1. The van der Waals surface area contributed by atoms with Crippen molar-refractivity contribution in [3.8, 4) is 17.2 Å². The van der Waals surface area contributed by atoms with Crippen LogP contribution < -0.4 is 24.2 Å². The highest BCUT2D eigenvalue weighted by Crippen LogP contribution is 2.42. The highest BCUT2D eigenvalue weighted by Gasteiger charge is 2.41. The summed E-state index contributed by atoms with van der Waals surface area (Å²) in [5.41, 5.74) is 1.75. The van der Waals surface area contributed by atoms with Gasteiger partial charge in [-0.2, -0.15) is 5.10 Å². The lowest BCUT2D eigenvalue weighted by molar-refractivity contribution is 0.0120. The maximum atomic E-state index is 13.7. The summed E-state index contributed by atoms with van der Waals surface area (Å²) in [6.45, 7) is -0.873.